The first-order valence-electron chi connectivity index (χ1n) is 7.23. The SMILES string of the molecule is Cn1nc(C(F)(F)F)cc1-c1sc(C(=O)Nc2ccccc2F)cc1N. The van der Waals surface area contributed by atoms with E-state index >= 15 is 0 Å². The van der Waals surface area contributed by atoms with Gasteiger partial charge in [0.1, 0.15) is 5.82 Å². The number of amides is 1. The zero-order chi connectivity index (χ0) is 19.1. The van der Waals surface area contributed by atoms with Crippen molar-refractivity contribution in [1.29, 1.82) is 0 Å². The zero-order valence-corrected chi connectivity index (χ0v) is 14.1. The highest BCUT2D eigenvalue weighted by molar-refractivity contribution is 7.18. The first kappa shape index (κ1) is 17.9. The summed E-state index contributed by atoms with van der Waals surface area (Å²) in [6.45, 7) is 0. The van der Waals surface area contributed by atoms with E-state index in [1.54, 1.807) is 6.07 Å². The summed E-state index contributed by atoms with van der Waals surface area (Å²) in [5.41, 5.74) is 5.05. The van der Waals surface area contributed by atoms with Crippen molar-refractivity contribution in [2.24, 2.45) is 7.05 Å². The molecule has 0 atom stereocenters. The number of nitrogen functional groups attached to an aromatic ring is 1. The summed E-state index contributed by atoms with van der Waals surface area (Å²) in [4.78, 5) is 12.7. The maximum absolute atomic E-state index is 13.6. The van der Waals surface area contributed by atoms with Gasteiger partial charge in [-0.1, -0.05) is 12.1 Å². The number of aromatic nitrogens is 2. The van der Waals surface area contributed by atoms with E-state index < -0.39 is 23.6 Å². The lowest BCUT2D eigenvalue weighted by atomic mass is 10.2. The summed E-state index contributed by atoms with van der Waals surface area (Å²) in [6, 6.07) is 7.81. The summed E-state index contributed by atoms with van der Waals surface area (Å²) < 4.78 is 53.1. The molecule has 0 aliphatic heterocycles. The van der Waals surface area contributed by atoms with Gasteiger partial charge in [-0.05, 0) is 24.3 Å². The second-order valence-corrected chi connectivity index (χ2v) is 6.42. The quantitative estimate of drug-likeness (QED) is 0.667. The van der Waals surface area contributed by atoms with Crippen molar-refractivity contribution < 1.29 is 22.4 Å². The van der Waals surface area contributed by atoms with Crippen molar-refractivity contribution >= 4 is 28.6 Å². The number of nitrogens with zero attached hydrogens (tertiary/aromatic N) is 2. The van der Waals surface area contributed by atoms with E-state index in [1.165, 1.54) is 31.3 Å². The van der Waals surface area contributed by atoms with Gasteiger partial charge in [0.05, 0.1) is 26.8 Å². The van der Waals surface area contributed by atoms with Crippen LogP contribution in [0.1, 0.15) is 15.4 Å². The summed E-state index contributed by atoms with van der Waals surface area (Å²) in [5, 5.41) is 5.83. The van der Waals surface area contributed by atoms with Crippen LogP contribution in [-0.2, 0) is 13.2 Å². The zero-order valence-electron chi connectivity index (χ0n) is 13.3. The Labute approximate surface area is 149 Å². The van der Waals surface area contributed by atoms with Crippen LogP contribution in [0.5, 0.6) is 0 Å². The highest BCUT2D eigenvalue weighted by Gasteiger charge is 2.35. The molecule has 26 heavy (non-hydrogen) atoms. The van der Waals surface area contributed by atoms with Crippen LogP contribution in [0.3, 0.4) is 0 Å². The van der Waals surface area contributed by atoms with Crippen LogP contribution < -0.4 is 11.1 Å². The van der Waals surface area contributed by atoms with Crippen molar-refractivity contribution in [2.75, 3.05) is 11.1 Å². The summed E-state index contributed by atoms with van der Waals surface area (Å²) >= 11 is 0.896. The monoisotopic (exact) mass is 384 g/mol. The van der Waals surface area contributed by atoms with Crippen molar-refractivity contribution in [3.63, 3.8) is 0 Å². The van der Waals surface area contributed by atoms with E-state index in [1.807, 2.05) is 0 Å². The largest absolute Gasteiger partial charge is 0.435 e. The lowest BCUT2D eigenvalue weighted by Gasteiger charge is -2.04. The molecule has 0 radical (unpaired) electrons. The van der Waals surface area contributed by atoms with E-state index in [0.29, 0.717) is 0 Å². The molecule has 0 aliphatic carbocycles. The van der Waals surface area contributed by atoms with Crippen molar-refractivity contribution in [3.8, 4) is 10.6 Å². The van der Waals surface area contributed by atoms with Gasteiger partial charge in [0, 0.05) is 7.05 Å². The summed E-state index contributed by atoms with van der Waals surface area (Å²) in [7, 11) is 1.35. The summed E-state index contributed by atoms with van der Waals surface area (Å²) in [6.07, 6.45) is -4.59. The second-order valence-electron chi connectivity index (χ2n) is 5.37. The number of nitrogens with one attached hydrogen (secondary N) is 1. The second kappa shape index (κ2) is 6.45. The molecular weight excluding hydrogens is 372 g/mol. The number of carbonyl (C=O) groups is 1. The van der Waals surface area contributed by atoms with Crippen LogP contribution in [0.4, 0.5) is 28.9 Å². The number of para-hydroxylation sites is 1. The fraction of sp³-hybridized carbons (Fsp3) is 0.125. The number of alkyl halides is 3. The Kier molecular flexibility index (Phi) is 4.45. The van der Waals surface area contributed by atoms with Crippen LogP contribution in [0, 0.1) is 5.82 Å². The Morgan fingerprint density at radius 1 is 1.27 bits per heavy atom. The van der Waals surface area contributed by atoms with Gasteiger partial charge in [-0.2, -0.15) is 18.3 Å². The average Bonchev–Trinajstić information content (AvgIpc) is 3.12. The van der Waals surface area contributed by atoms with E-state index in [9.17, 15) is 22.4 Å². The van der Waals surface area contributed by atoms with Crippen molar-refractivity contribution in [1.82, 2.24) is 9.78 Å². The van der Waals surface area contributed by atoms with E-state index in [2.05, 4.69) is 10.4 Å². The van der Waals surface area contributed by atoms with Crippen LogP contribution >= 0.6 is 11.3 Å². The van der Waals surface area contributed by atoms with Gasteiger partial charge in [-0.25, -0.2) is 4.39 Å². The molecule has 0 aliphatic rings. The molecule has 1 aromatic carbocycles. The first-order chi connectivity index (χ1) is 12.2. The molecule has 0 unspecified atom stereocenters. The molecule has 136 valence electrons. The fourth-order valence-electron chi connectivity index (χ4n) is 2.28. The number of nitrogens with two attached hydrogens (primary N) is 1. The Balaban J connectivity index is 1.91. The molecule has 0 saturated carbocycles. The number of hydrogen-bond acceptors (Lipinski definition) is 4. The molecule has 0 saturated heterocycles. The van der Waals surface area contributed by atoms with Gasteiger partial charge < -0.3 is 11.1 Å². The molecular formula is C16H12F4N4OS. The third-order valence-electron chi connectivity index (χ3n) is 3.51. The van der Waals surface area contributed by atoms with E-state index in [0.717, 1.165) is 22.1 Å². The van der Waals surface area contributed by atoms with Crippen molar-refractivity contribution in [3.05, 3.63) is 52.8 Å². The van der Waals surface area contributed by atoms with Gasteiger partial charge >= 0.3 is 6.18 Å². The average molecular weight is 384 g/mol. The Morgan fingerprint density at radius 3 is 2.58 bits per heavy atom. The van der Waals surface area contributed by atoms with Crippen LogP contribution in [0.2, 0.25) is 0 Å². The number of anilines is 2. The Hall–Kier alpha value is -2.88. The number of thiophene rings is 1. The minimum absolute atomic E-state index is 0.00841. The van der Waals surface area contributed by atoms with E-state index in [-0.39, 0.29) is 26.8 Å². The predicted octanol–water partition coefficient (Wildman–Crippen LogP) is 4.14. The van der Waals surface area contributed by atoms with Gasteiger partial charge in [-0.15, -0.1) is 11.3 Å². The molecule has 5 nitrogen and oxygen atoms in total. The minimum Gasteiger partial charge on any atom is -0.397 e. The summed E-state index contributed by atoms with van der Waals surface area (Å²) in [5.74, 6) is -1.22. The third kappa shape index (κ3) is 3.40. The van der Waals surface area contributed by atoms with Crippen LogP contribution in [0.25, 0.3) is 10.6 Å². The maximum Gasteiger partial charge on any atom is 0.435 e. The van der Waals surface area contributed by atoms with Gasteiger partial charge in [0.15, 0.2) is 5.69 Å². The number of benzene rings is 1. The standard InChI is InChI=1S/C16H12F4N4OS/c1-24-11(7-13(23-24)16(18,19)20)14-9(21)6-12(26-14)15(25)22-10-5-3-2-4-8(10)17/h2-7H,21H2,1H3,(H,22,25). The fourth-order valence-corrected chi connectivity index (χ4v) is 3.30. The predicted molar refractivity (Wildman–Crippen MR) is 90.3 cm³/mol. The maximum atomic E-state index is 13.6. The lowest BCUT2D eigenvalue weighted by Crippen LogP contribution is -2.11. The van der Waals surface area contributed by atoms with Crippen LogP contribution in [-0.4, -0.2) is 15.7 Å². The molecule has 1 amide bonds. The topological polar surface area (TPSA) is 72.9 Å². The smallest absolute Gasteiger partial charge is 0.397 e. The molecule has 0 bridgehead atoms. The van der Waals surface area contributed by atoms with Crippen LogP contribution in [0.15, 0.2) is 36.4 Å². The number of halogens is 4. The molecule has 0 fully saturated rings. The normalized spacial score (nSPS) is 11.6. The number of carbonyl (C=O) groups excluding carboxylic acids is 1. The minimum atomic E-state index is -4.59. The highest BCUT2D eigenvalue weighted by atomic mass is 32.1. The van der Waals surface area contributed by atoms with Gasteiger partial charge in [0.2, 0.25) is 0 Å². The third-order valence-corrected chi connectivity index (χ3v) is 4.68. The molecule has 0 spiro atoms. The molecule has 3 aromatic rings. The molecule has 10 heteroatoms. The van der Waals surface area contributed by atoms with Gasteiger partial charge in [0.25, 0.3) is 5.91 Å². The molecule has 3 N–H and O–H groups in total. The van der Waals surface area contributed by atoms with E-state index in [4.69, 9.17) is 5.73 Å². The Bertz CT molecular complexity index is 977. The number of rotatable bonds is 3. The Morgan fingerprint density at radius 2 is 1.96 bits per heavy atom. The first-order valence-corrected chi connectivity index (χ1v) is 8.05. The van der Waals surface area contributed by atoms with Crippen molar-refractivity contribution in [2.45, 2.75) is 6.18 Å². The number of aryl methyl sites for hydroxylation is 1. The molecule has 3 rings (SSSR count). The molecule has 2 heterocycles. The van der Waals surface area contributed by atoms with Gasteiger partial charge in [-0.3, -0.25) is 9.48 Å². The highest BCUT2D eigenvalue weighted by Crippen LogP contribution is 2.38. The molecule has 2 aromatic heterocycles. The lowest BCUT2D eigenvalue weighted by molar-refractivity contribution is -0.141. The number of hydrogen-bond donors (Lipinski definition) is 2.